The third kappa shape index (κ3) is 3.36. The molecule has 4 heteroatoms. The molecule has 0 N–H and O–H groups in total. The summed E-state index contributed by atoms with van der Waals surface area (Å²) in [4.78, 5) is 0.310. The second-order valence-electron chi connectivity index (χ2n) is 3.48. The van der Waals surface area contributed by atoms with E-state index in [1.165, 1.54) is 0 Å². The van der Waals surface area contributed by atoms with Gasteiger partial charge in [-0.3, -0.25) is 0 Å². The average molecular weight is 245 g/mol. The maximum atomic E-state index is 11.8. The fourth-order valence-corrected chi connectivity index (χ4v) is 2.81. The van der Waals surface area contributed by atoms with Crippen LogP contribution in [-0.2, 0) is 9.84 Å². The summed E-state index contributed by atoms with van der Waals surface area (Å²) in [6, 6.07) is 8.32. The first-order valence-electron chi connectivity index (χ1n) is 4.53. The van der Waals surface area contributed by atoms with Crippen molar-refractivity contribution >= 4 is 21.4 Å². The van der Waals surface area contributed by atoms with Gasteiger partial charge in [0, 0.05) is 5.03 Å². The third-order valence-electron chi connectivity index (χ3n) is 1.96. The predicted molar refractivity (Wildman–Crippen MR) is 62.7 cm³/mol. The molecule has 0 aliphatic heterocycles. The van der Waals surface area contributed by atoms with Gasteiger partial charge in [-0.1, -0.05) is 35.4 Å². The molecule has 0 unspecified atom stereocenters. The van der Waals surface area contributed by atoms with Crippen molar-refractivity contribution in [2.45, 2.75) is 18.7 Å². The van der Waals surface area contributed by atoms with Crippen LogP contribution in [0.4, 0.5) is 0 Å². The molecular formula is C11H13ClO2S. The van der Waals surface area contributed by atoms with Crippen LogP contribution in [-0.4, -0.2) is 14.2 Å². The molecule has 1 aromatic carbocycles. The Balaban J connectivity index is 3.02. The fraction of sp³-hybridized carbons (Fsp3) is 0.273. The Bertz CT molecular complexity index is 457. The van der Waals surface area contributed by atoms with E-state index < -0.39 is 9.84 Å². The van der Waals surface area contributed by atoms with E-state index in [-0.39, 0.29) is 5.75 Å². The molecule has 0 spiro atoms. The van der Waals surface area contributed by atoms with Crippen molar-refractivity contribution in [2.75, 3.05) is 5.75 Å². The summed E-state index contributed by atoms with van der Waals surface area (Å²) >= 11 is 5.85. The van der Waals surface area contributed by atoms with E-state index in [2.05, 4.69) is 0 Å². The Morgan fingerprint density at radius 1 is 1.20 bits per heavy atom. The van der Waals surface area contributed by atoms with Gasteiger partial charge < -0.3 is 0 Å². The topological polar surface area (TPSA) is 34.1 Å². The zero-order chi connectivity index (χ0) is 11.5. The van der Waals surface area contributed by atoms with Crippen molar-refractivity contribution in [3.8, 4) is 0 Å². The molecule has 0 fully saturated rings. The predicted octanol–water partition coefficient (Wildman–Crippen LogP) is 2.99. The lowest BCUT2D eigenvalue weighted by Gasteiger charge is -2.04. The van der Waals surface area contributed by atoms with Crippen LogP contribution in [0, 0.1) is 0 Å². The van der Waals surface area contributed by atoms with Gasteiger partial charge in [0.1, 0.15) is 0 Å². The summed E-state index contributed by atoms with van der Waals surface area (Å²) in [7, 11) is -3.29. The minimum atomic E-state index is -3.29. The maximum absolute atomic E-state index is 11.8. The molecule has 2 nitrogen and oxygen atoms in total. The van der Waals surface area contributed by atoms with Crippen LogP contribution in [0.25, 0.3) is 0 Å². The number of sulfone groups is 1. The average Bonchev–Trinajstić information content (AvgIpc) is 2.18. The van der Waals surface area contributed by atoms with E-state index in [1.807, 2.05) is 0 Å². The van der Waals surface area contributed by atoms with Crippen LogP contribution in [0.3, 0.4) is 0 Å². The normalized spacial score (nSPS) is 11.1. The van der Waals surface area contributed by atoms with Gasteiger partial charge in [0.25, 0.3) is 0 Å². The number of hydrogen-bond acceptors (Lipinski definition) is 2. The first-order valence-corrected chi connectivity index (χ1v) is 6.56. The van der Waals surface area contributed by atoms with Gasteiger partial charge in [-0.15, -0.1) is 0 Å². The smallest absolute Gasteiger partial charge is 0.183 e. The molecule has 82 valence electrons. The summed E-state index contributed by atoms with van der Waals surface area (Å²) in [5, 5.41) is 0.388. The van der Waals surface area contributed by atoms with Crippen molar-refractivity contribution in [1.29, 1.82) is 0 Å². The monoisotopic (exact) mass is 244 g/mol. The molecule has 0 saturated heterocycles. The molecule has 0 radical (unpaired) electrons. The lowest BCUT2D eigenvalue weighted by Crippen LogP contribution is -2.07. The van der Waals surface area contributed by atoms with Gasteiger partial charge >= 0.3 is 0 Å². The second-order valence-corrected chi connectivity index (χ2v) is 5.92. The largest absolute Gasteiger partial charge is 0.223 e. The number of rotatable bonds is 3. The van der Waals surface area contributed by atoms with E-state index in [4.69, 9.17) is 11.6 Å². The minimum absolute atomic E-state index is 0.124. The molecule has 15 heavy (non-hydrogen) atoms. The number of hydrogen-bond donors (Lipinski definition) is 0. The van der Waals surface area contributed by atoms with Gasteiger partial charge in [0.15, 0.2) is 9.84 Å². The van der Waals surface area contributed by atoms with Crippen molar-refractivity contribution in [3.05, 3.63) is 40.9 Å². The highest BCUT2D eigenvalue weighted by atomic mass is 35.5. The highest BCUT2D eigenvalue weighted by Crippen LogP contribution is 2.17. The fourth-order valence-electron chi connectivity index (χ4n) is 1.02. The maximum Gasteiger partial charge on any atom is 0.183 e. The summed E-state index contributed by atoms with van der Waals surface area (Å²) in [6.07, 6.45) is 0. The zero-order valence-electron chi connectivity index (χ0n) is 8.70. The van der Waals surface area contributed by atoms with E-state index >= 15 is 0 Å². The third-order valence-corrected chi connectivity index (χ3v) is 4.29. The molecule has 0 aliphatic carbocycles. The van der Waals surface area contributed by atoms with Crippen LogP contribution in [0.2, 0.25) is 0 Å². The summed E-state index contributed by atoms with van der Waals surface area (Å²) < 4.78 is 23.7. The van der Waals surface area contributed by atoms with E-state index in [1.54, 1.807) is 44.2 Å². The van der Waals surface area contributed by atoms with Crippen LogP contribution in [0.15, 0.2) is 45.8 Å². The van der Waals surface area contributed by atoms with Gasteiger partial charge in [-0.25, -0.2) is 8.42 Å². The molecule has 0 bridgehead atoms. The molecule has 0 aliphatic rings. The molecule has 0 aromatic heterocycles. The highest BCUT2D eigenvalue weighted by Gasteiger charge is 2.15. The Kier molecular flexibility index (Phi) is 3.94. The number of allylic oxidation sites excluding steroid dienone is 1. The van der Waals surface area contributed by atoms with Gasteiger partial charge in [-0.2, -0.15) is 0 Å². The van der Waals surface area contributed by atoms with Crippen LogP contribution < -0.4 is 0 Å². The molecule has 0 atom stereocenters. The first kappa shape index (κ1) is 12.3. The highest BCUT2D eigenvalue weighted by molar-refractivity contribution is 7.91. The Morgan fingerprint density at radius 3 is 2.20 bits per heavy atom. The summed E-state index contributed by atoms with van der Waals surface area (Å²) in [5.74, 6) is -0.124. The van der Waals surface area contributed by atoms with Crippen LogP contribution in [0.1, 0.15) is 13.8 Å². The van der Waals surface area contributed by atoms with Gasteiger partial charge in [-0.05, 0) is 26.0 Å². The first-order chi connectivity index (χ1) is 6.93. The molecule has 0 saturated carbocycles. The van der Waals surface area contributed by atoms with Gasteiger partial charge in [0.2, 0.25) is 0 Å². The molecule has 0 amide bonds. The Hall–Kier alpha value is -0.800. The van der Waals surface area contributed by atoms with E-state index in [9.17, 15) is 8.42 Å². The Morgan fingerprint density at radius 2 is 1.73 bits per heavy atom. The SMILES string of the molecule is CC(C)=C(Cl)CS(=O)(=O)c1ccccc1. The van der Waals surface area contributed by atoms with Crippen LogP contribution >= 0.6 is 11.6 Å². The molecular weight excluding hydrogens is 232 g/mol. The van der Waals surface area contributed by atoms with Crippen molar-refractivity contribution in [3.63, 3.8) is 0 Å². The molecule has 0 heterocycles. The van der Waals surface area contributed by atoms with Crippen molar-refractivity contribution in [1.82, 2.24) is 0 Å². The quantitative estimate of drug-likeness (QED) is 0.819. The summed E-state index contributed by atoms with van der Waals surface area (Å²) in [6.45, 7) is 3.59. The van der Waals surface area contributed by atoms with Crippen molar-refractivity contribution < 1.29 is 8.42 Å². The zero-order valence-corrected chi connectivity index (χ0v) is 10.3. The van der Waals surface area contributed by atoms with E-state index in [0.29, 0.717) is 9.93 Å². The lowest BCUT2D eigenvalue weighted by molar-refractivity contribution is 0.598. The number of halogens is 1. The van der Waals surface area contributed by atoms with E-state index in [0.717, 1.165) is 5.57 Å². The standard InChI is InChI=1S/C11H13ClO2S/c1-9(2)11(12)8-15(13,14)10-6-4-3-5-7-10/h3-7H,8H2,1-2H3. The lowest BCUT2D eigenvalue weighted by atomic mass is 10.3. The number of benzene rings is 1. The second kappa shape index (κ2) is 4.81. The van der Waals surface area contributed by atoms with Crippen molar-refractivity contribution in [2.24, 2.45) is 0 Å². The van der Waals surface area contributed by atoms with Gasteiger partial charge in [0.05, 0.1) is 10.6 Å². The minimum Gasteiger partial charge on any atom is -0.223 e. The molecule has 1 rings (SSSR count). The summed E-state index contributed by atoms with van der Waals surface area (Å²) in [5.41, 5.74) is 0.830. The molecule has 1 aromatic rings. The van der Waals surface area contributed by atoms with Crippen LogP contribution in [0.5, 0.6) is 0 Å². The Labute approximate surface area is 95.5 Å².